The lowest BCUT2D eigenvalue weighted by Gasteiger charge is -2.05. The standard InChI is InChI=1S/C17H16N6O3S/c1-10-2-3-12-13(6-10)27-17(20-12)21-14(25)8-22-9-18-15-11(16(22)26)7-19-23(15)4-5-24/h2-3,6-7,9,24H,4-5,8H2,1H3,(H,20,21,25). The molecule has 0 bridgehead atoms. The molecule has 0 saturated heterocycles. The zero-order valence-electron chi connectivity index (χ0n) is 14.4. The maximum atomic E-state index is 12.5. The van der Waals surface area contributed by atoms with Crippen LogP contribution in [0.3, 0.4) is 0 Å². The van der Waals surface area contributed by atoms with Gasteiger partial charge in [0.05, 0.1) is 29.6 Å². The predicted molar refractivity (Wildman–Crippen MR) is 102 cm³/mol. The molecule has 0 fully saturated rings. The number of fused-ring (bicyclic) bond motifs is 2. The highest BCUT2D eigenvalue weighted by atomic mass is 32.1. The molecule has 0 radical (unpaired) electrons. The maximum absolute atomic E-state index is 12.5. The summed E-state index contributed by atoms with van der Waals surface area (Å²) in [6.45, 7) is 1.96. The van der Waals surface area contributed by atoms with Crippen molar-refractivity contribution in [2.24, 2.45) is 0 Å². The van der Waals surface area contributed by atoms with Crippen molar-refractivity contribution in [1.82, 2.24) is 24.3 Å². The number of aromatic nitrogens is 5. The molecule has 0 atom stereocenters. The minimum absolute atomic E-state index is 0.106. The highest BCUT2D eigenvalue weighted by molar-refractivity contribution is 7.22. The lowest BCUT2D eigenvalue weighted by atomic mass is 10.2. The Morgan fingerprint density at radius 1 is 1.37 bits per heavy atom. The Kier molecular flexibility index (Phi) is 4.42. The van der Waals surface area contributed by atoms with Crippen LogP contribution < -0.4 is 10.9 Å². The third kappa shape index (κ3) is 3.32. The molecule has 0 aliphatic heterocycles. The summed E-state index contributed by atoms with van der Waals surface area (Å²) in [4.78, 5) is 33.4. The van der Waals surface area contributed by atoms with Crippen molar-refractivity contribution in [3.8, 4) is 0 Å². The molecule has 2 N–H and O–H groups in total. The van der Waals surface area contributed by atoms with Crippen LogP contribution in [0, 0.1) is 6.92 Å². The molecule has 0 aliphatic carbocycles. The van der Waals surface area contributed by atoms with Crippen molar-refractivity contribution in [3.05, 3.63) is 46.6 Å². The normalized spacial score (nSPS) is 11.3. The second kappa shape index (κ2) is 6.89. The maximum Gasteiger partial charge on any atom is 0.264 e. The van der Waals surface area contributed by atoms with E-state index in [1.54, 1.807) is 0 Å². The van der Waals surface area contributed by atoms with Gasteiger partial charge in [-0.15, -0.1) is 0 Å². The first-order valence-electron chi connectivity index (χ1n) is 8.24. The van der Waals surface area contributed by atoms with Gasteiger partial charge in [-0.05, 0) is 24.6 Å². The fourth-order valence-corrected chi connectivity index (χ4v) is 3.75. The van der Waals surface area contributed by atoms with Crippen LogP contribution >= 0.6 is 11.3 Å². The molecule has 0 unspecified atom stereocenters. The SMILES string of the molecule is Cc1ccc2nc(NC(=O)Cn3cnc4c(cnn4CCO)c3=O)sc2c1. The number of aryl methyl sites for hydroxylation is 1. The fraction of sp³-hybridized carbons (Fsp3) is 0.235. The summed E-state index contributed by atoms with van der Waals surface area (Å²) in [5.41, 5.74) is 1.96. The number of aliphatic hydroxyl groups is 1. The summed E-state index contributed by atoms with van der Waals surface area (Å²) in [5.74, 6) is -0.364. The number of hydrogen-bond donors (Lipinski definition) is 2. The van der Waals surface area contributed by atoms with Crippen LogP contribution in [0.4, 0.5) is 5.13 Å². The van der Waals surface area contributed by atoms with Crippen molar-refractivity contribution < 1.29 is 9.90 Å². The van der Waals surface area contributed by atoms with Crippen LogP contribution in [-0.4, -0.2) is 41.9 Å². The largest absolute Gasteiger partial charge is 0.394 e. The first-order chi connectivity index (χ1) is 13.0. The van der Waals surface area contributed by atoms with Gasteiger partial charge in [0, 0.05) is 0 Å². The van der Waals surface area contributed by atoms with Crippen molar-refractivity contribution in [3.63, 3.8) is 0 Å². The summed E-state index contributed by atoms with van der Waals surface area (Å²) in [6.07, 6.45) is 2.70. The van der Waals surface area contributed by atoms with Crippen LogP contribution in [0.15, 0.2) is 35.5 Å². The molecule has 1 amide bonds. The number of anilines is 1. The van der Waals surface area contributed by atoms with Gasteiger partial charge >= 0.3 is 0 Å². The Hall–Kier alpha value is -3.11. The van der Waals surface area contributed by atoms with Gasteiger partial charge in [-0.25, -0.2) is 14.6 Å². The van der Waals surface area contributed by atoms with E-state index in [1.165, 1.54) is 33.1 Å². The van der Waals surface area contributed by atoms with Gasteiger partial charge in [-0.2, -0.15) is 5.10 Å². The number of nitrogens with one attached hydrogen (secondary N) is 1. The molecule has 4 rings (SSSR count). The Morgan fingerprint density at radius 3 is 3.04 bits per heavy atom. The summed E-state index contributed by atoms with van der Waals surface area (Å²) in [6, 6.07) is 5.88. The van der Waals surface area contributed by atoms with E-state index < -0.39 is 0 Å². The molecule has 27 heavy (non-hydrogen) atoms. The van der Waals surface area contributed by atoms with E-state index in [4.69, 9.17) is 5.11 Å². The van der Waals surface area contributed by atoms with E-state index in [2.05, 4.69) is 20.4 Å². The number of carbonyl (C=O) groups excluding carboxylic acids is 1. The zero-order valence-corrected chi connectivity index (χ0v) is 15.2. The van der Waals surface area contributed by atoms with Gasteiger partial charge in [-0.1, -0.05) is 17.4 Å². The van der Waals surface area contributed by atoms with Gasteiger partial charge in [-0.3, -0.25) is 14.2 Å². The Morgan fingerprint density at radius 2 is 2.22 bits per heavy atom. The lowest BCUT2D eigenvalue weighted by Crippen LogP contribution is -2.27. The number of hydrogen-bond acceptors (Lipinski definition) is 7. The topological polar surface area (TPSA) is 115 Å². The van der Waals surface area contributed by atoms with Crippen LogP contribution in [0.25, 0.3) is 21.3 Å². The molecule has 0 saturated carbocycles. The van der Waals surface area contributed by atoms with E-state index in [1.807, 2.05) is 25.1 Å². The van der Waals surface area contributed by atoms with Crippen LogP contribution in [0.1, 0.15) is 5.56 Å². The van der Waals surface area contributed by atoms with Crippen LogP contribution in [0.5, 0.6) is 0 Å². The molecule has 3 aromatic heterocycles. The quantitative estimate of drug-likeness (QED) is 0.533. The summed E-state index contributed by atoms with van der Waals surface area (Å²) >= 11 is 1.38. The number of amides is 1. The number of carbonyl (C=O) groups is 1. The average Bonchev–Trinajstić information content (AvgIpc) is 3.21. The molecule has 0 aliphatic rings. The molecule has 9 nitrogen and oxygen atoms in total. The summed E-state index contributed by atoms with van der Waals surface area (Å²) < 4.78 is 3.66. The zero-order chi connectivity index (χ0) is 19.0. The van der Waals surface area contributed by atoms with E-state index in [9.17, 15) is 9.59 Å². The molecule has 3 heterocycles. The number of aliphatic hydroxyl groups excluding tert-OH is 1. The van der Waals surface area contributed by atoms with Crippen LogP contribution in [0.2, 0.25) is 0 Å². The van der Waals surface area contributed by atoms with Crippen molar-refractivity contribution in [2.75, 3.05) is 11.9 Å². The highest BCUT2D eigenvalue weighted by Crippen LogP contribution is 2.26. The number of rotatable bonds is 5. The average molecular weight is 384 g/mol. The molecular formula is C17H16N6O3S. The number of benzene rings is 1. The van der Waals surface area contributed by atoms with Gasteiger partial charge in [0.15, 0.2) is 10.8 Å². The lowest BCUT2D eigenvalue weighted by molar-refractivity contribution is -0.116. The molecule has 10 heteroatoms. The first-order valence-corrected chi connectivity index (χ1v) is 9.05. The summed E-state index contributed by atoms with van der Waals surface area (Å²) in [7, 11) is 0. The van der Waals surface area contributed by atoms with E-state index in [0.717, 1.165) is 15.8 Å². The smallest absolute Gasteiger partial charge is 0.264 e. The Balaban J connectivity index is 1.55. The molecule has 138 valence electrons. The summed E-state index contributed by atoms with van der Waals surface area (Å²) in [5, 5.41) is 16.6. The van der Waals surface area contributed by atoms with Crippen molar-refractivity contribution in [1.29, 1.82) is 0 Å². The highest BCUT2D eigenvalue weighted by Gasteiger charge is 2.13. The van der Waals surface area contributed by atoms with Gasteiger partial charge in [0.1, 0.15) is 18.3 Å². The minimum Gasteiger partial charge on any atom is -0.394 e. The third-order valence-electron chi connectivity index (χ3n) is 4.04. The fourth-order valence-electron chi connectivity index (χ4n) is 2.77. The van der Waals surface area contributed by atoms with E-state index in [0.29, 0.717) is 16.2 Å². The second-order valence-corrected chi connectivity index (χ2v) is 7.08. The first kappa shape index (κ1) is 17.3. The van der Waals surface area contributed by atoms with Crippen molar-refractivity contribution in [2.45, 2.75) is 20.0 Å². The van der Waals surface area contributed by atoms with Gasteiger partial charge in [0.2, 0.25) is 5.91 Å². The monoisotopic (exact) mass is 384 g/mol. The van der Waals surface area contributed by atoms with Gasteiger partial charge in [0.25, 0.3) is 5.56 Å². The van der Waals surface area contributed by atoms with E-state index >= 15 is 0 Å². The van der Waals surface area contributed by atoms with Crippen molar-refractivity contribution >= 4 is 43.6 Å². The molecule has 0 spiro atoms. The van der Waals surface area contributed by atoms with Crippen LogP contribution in [-0.2, 0) is 17.9 Å². The Labute approximate surface area is 156 Å². The Bertz CT molecular complexity index is 1210. The third-order valence-corrected chi connectivity index (χ3v) is 4.97. The number of nitrogens with zero attached hydrogens (tertiary/aromatic N) is 5. The predicted octanol–water partition coefficient (Wildman–Crippen LogP) is 1.14. The second-order valence-electron chi connectivity index (χ2n) is 6.04. The molecular weight excluding hydrogens is 368 g/mol. The number of thiazole rings is 1. The molecule has 1 aromatic carbocycles. The minimum atomic E-state index is -0.364. The van der Waals surface area contributed by atoms with Gasteiger partial charge < -0.3 is 10.4 Å². The molecule has 4 aromatic rings. The van der Waals surface area contributed by atoms with E-state index in [-0.39, 0.29) is 31.2 Å².